The maximum atomic E-state index is 13.2. The van der Waals surface area contributed by atoms with Crippen LogP contribution in [0.2, 0.25) is 0 Å². The number of ether oxygens (including phenoxy) is 1. The first-order valence-corrected chi connectivity index (χ1v) is 10.1. The molecule has 0 spiro atoms. The zero-order chi connectivity index (χ0) is 22.5. The van der Waals surface area contributed by atoms with Gasteiger partial charge in [-0.05, 0) is 48.7 Å². The molecule has 1 aliphatic rings. The van der Waals surface area contributed by atoms with Gasteiger partial charge in [0.1, 0.15) is 17.6 Å². The van der Waals surface area contributed by atoms with E-state index in [-0.39, 0.29) is 6.42 Å². The Hall–Kier alpha value is -3.42. The lowest BCUT2D eigenvalue weighted by atomic mass is 10.1. The molecule has 1 N–H and O–H groups in total. The highest BCUT2D eigenvalue weighted by molar-refractivity contribution is 6.22. The Kier molecular flexibility index (Phi) is 6.89. The molecule has 164 valence electrons. The molecule has 31 heavy (non-hydrogen) atoms. The molecule has 0 aromatic heterocycles. The van der Waals surface area contributed by atoms with Crippen LogP contribution in [-0.2, 0) is 9.59 Å². The fraction of sp³-hybridized carbons (Fsp3) is 0.348. The van der Waals surface area contributed by atoms with Crippen LogP contribution in [0.3, 0.4) is 0 Å². The number of amides is 4. The smallest absolute Gasteiger partial charge is 0.332 e. The highest BCUT2D eigenvalue weighted by Gasteiger charge is 2.46. The number of anilines is 2. The van der Waals surface area contributed by atoms with Crippen molar-refractivity contribution in [3.05, 3.63) is 54.3 Å². The van der Waals surface area contributed by atoms with E-state index < -0.39 is 29.7 Å². The number of imide groups is 1. The van der Waals surface area contributed by atoms with Crippen molar-refractivity contribution in [2.45, 2.75) is 32.7 Å². The number of halogens is 1. The first kappa shape index (κ1) is 22.3. The van der Waals surface area contributed by atoms with E-state index in [4.69, 9.17) is 4.74 Å². The standard InChI is InChI=1S/C23H26FN3O4/c1-15(2)11-12-26-20(14-21(28)25-17-9-7-16(24)8-10-17)22(29)27(23(26)30)18-5-4-6-19(13-18)31-3/h4-10,13,15,20H,11-12,14H2,1-3H3,(H,25,28). The van der Waals surface area contributed by atoms with Gasteiger partial charge in [-0.15, -0.1) is 0 Å². The number of benzene rings is 2. The Labute approximate surface area is 180 Å². The summed E-state index contributed by atoms with van der Waals surface area (Å²) in [5.74, 6) is -0.466. The summed E-state index contributed by atoms with van der Waals surface area (Å²) >= 11 is 0. The van der Waals surface area contributed by atoms with Crippen LogP contribution in [0.5, 0.6) is 5.75 Å². The summed E-state index contributed by atoms with van der Waals surface area (Å²) in [6.45, 7) is 4.41. The van der Waals surface area contributed by atoms with Gasteiger partial charge in [-0.25, -0.2) is 14.1 Å². The Morgan fingerprint density at radius 3 is 2.52 bits per heavy atom. The zero-order valence-electron chi connectivity index (χ0n) is 17.8. The second kappa shape index (κ2) is 9.59. The molecule has 1 saturated heterocycles. The van der Waals surface area contributed by atoms with E-state index in [1.54, 1.807) is 24.3 Å². The van der Waals surface area contributed by atoms with Gasteiger partial charge >= 0.3 is 6.03 Å². The highest BCUT2D eigenvalue weighted by atomic mass is 19.1. The van der Waals surface area contributed by atoms with Crippen molar-refractivity contribution in [2.24, 2.45) is 5.92 Å². The summed E-state index contributed by atoms with van der Waals surface area (Å²) in [7, 11) is 1.50. The fourth-order valence-electron chi connectivity index (χ4n) is 3.39. The van der Waals surface area contributed by atoms with Crippen LogP contribution < -0.4 is 15.0 Å². The van der Waals surface area contributed by atoms with Crippen LogP contribution in [0.1, 0.15) is 26.7 Å². The molecule has 8 heteroatoms. The maximum absolute atomic E-state index is 13.2. The van der Waals surface area contributed by atoms with Crippen LogP contribution >= 0.6 is 0 Å². The molecule has 2 aromatic rings. The number of nitrogens with one attached hydrogen (secondary N) is 1. The largest absolute Gasteiger partial charge is 0.497 e. The normalized spacial score (nSPS) is 16.2. The SMILES string of the molecule is COc1cccc(N2C(=O)C(CC(=O)Nc3ccc(F)cc3)N(CCC(C)C)C2=O)c1. The quantitative estimate of drug-likeness (QED) is 0.645. The number of hydrogen-bond donors (Lipinski definition) is 1. The monoisotopic (exact) mass is 427 g/mol. The van der Waals surface area contributed by atoms with Gasteiger partial charge in [0.05, 0.1) is 19.2 Å². The summed E-state index contributed by atoms with van der Waals surface area (Å²) < 4.78 is 18.3. The molecule has 7 nitrogen and oxygen atoms in total. The minimum atomic E-state index is -0.919. The van der Waals surface area contributed by atoms with E-state index >= 15 is 0 Å². The van der Waals surface area contributed by atoms with Gasteiger partial charge in [0.15, 0.2) is 0 Å². The molecule has 4 amide bonds. The number of methoxy groups -OCH3 is 1. The Morgan fingerprint density at radius 1 is 1.16 bits per heavy atom. The fourth-order valence-corrected chi connectivity index (χ4v) is 3.39. The third-order valence-corrected chi connectivity index (χ3v) is 5.08. The first-order valence-electron chi connectivity index (χ1n) is 10.1. The van der Waals surface area contributed by atoms with Crippen molar-refractivity contribution in [1.82, 2.24) is 4.90 Å². The van der Waals surface area contributed by atoms with Crippen LogP contribution in [0.25, 0.3) is 0 Å². The molecule has 1 atom stereocenters. The van der Waals surface area contributed by atoms with Crippen molar-refractivity contribution in [1.29, 1.82) is 0 Å². The second-order valence-corrected chi connectivity index (χ2v) is 7.81. The third kappa shape index (κ3) is 5.20. The van der Waals surface area contributed by atoms with Gasteiger partial charge in [0, 0.05) is 18.3 Å². The van der Waals surface area contributed by atoms with Crippen molar-refractivity contribution in [3.8, 4) is 5.75 Å². The summed E-state index contributed by atoms with van der Waals surface area (Å²) in [6, 6.07) is 10.6. The summed E-state index contributed by atoms with van der Waals surface area (Å²) in [5, 5.41) is 2.66. The minimum Gasteiger partial charge on any atom is -0.497 e. The van der Waals surface area contributed by atoms with Crippen LogP contribution in [-0.4, -0.2) is 42.4 Å². The number of nitrogens with zero attached hydrogens (tertiary/aromatic N) is 2. The van der Waals surface area contributed by atoms with Gasteiger partial charge in [0.2, 0.25) is 5.91 Å². The lowest BCUT2D eigenvalue weighted by Gasteiger charge is -2.22. The predicted octanol–water partition coefficient (Wildman–Crippen LogP) is 4.05. The van der Waals surface area contributed by atoms with E-state index in [2.05, 4.69) is 5.32 Å². The second-order valence-electron chi connectivity index (χ2n) is 7.81. The lowest BCUT2D eigenvalue weighted by Crippen LogP contribution is -2.39. The predicted molar refractivity (Wildman–Crippen MR) is 115 cm³/mol. The first-order chi connectivity index (χ1) is 14.8. The number of carbonyl (C=O) groups is 3. The maximum Gasteiger partial charge on any atom is 0.332 e. The van der Waals surface area contributed by atoms with Crippen molar-refractivity contribution in [2.75, 3.05) is 23.9 Å². The number of rotatable bonds is 8. The summed E-state index contributed by atoms with van der Waals surface area (Å²) in [6.07, 6.45) is 0.502. The van der Waals surface area contributed by atoms with Crippen molar-refractivity contribution in [3.63, 3.8) is 0 Å². The van der Waals surface area contributed by atoms with Crippen molar-refractivity contribution < 1.29 is 23.5 Å². The van der Waals surface area contributed by atoms with Gasteiger partial charge in [0.25, 0.3) is 5.91 Å². The average molecular weight is 427 g/mol. The van der Waals surface area contributed by atoms with Gasteiger partial charge < -0.3 is 15.0 Å². The lowest BCUT2D eigenvalue weighted by molar-refractivity contribution is -0.124. The Bertz CT molecular complexity index is 962. The number of hydrogen-bond acceptors (Lipinski definition) is 4. The molecule has 1 aliphatic heterocycles. The molecule has 1 unspecified atom stereocenters. The van der Waals surface area contributed by atoms with E-state index in [0.717, 1.165) is 4.90 Å². The Balaban J connectivity index is 1.82. The molecule has 2 aromatic carbocycles. The van der Waals surface area contributed by atoms with Crippen LogP contribution in [0, 0.1) is 11.7 Å². The van der Waals surface area contributed by atoms with Crippen molar-refractivity contribution >= 4 is 29.2 Å². The highest BCUT2D eigenvalue weighted by Crippen LogP contribution is 2.30. The molecule has 0 bridgehead atoms. The molecule has 0 saturated carbocycles. The van der Waals surface area contributed by atoms with Crippen LogP contribution in [0.15, 0.2) is 48.5 Å². The molecular weight excluding hydrogens is 401 g/mol. The van der Waals surface area contributed by atoms with E-state index in [9.17, 15) is 18.8 Å². The molecular formula is C23H26FN3O4. The van der Waals surface area contributed by atoms with Crippen LogP contribution in [0.4, 0.5) is 20.6 Å². The van der Waals surface area contributed by atoms with Gasteiger partial charge in [-0.1, -0.05) is 19.9 Å². The number of carbonyl (C=O) groups excluding carboxylic acids is 3. The molecule has 1 fully saturated rings. The molecule has 0 aliphatic carbocycles. The number of urea groups is 1. The third-order valence-electron chi connectivity index (χ3n) is 5.08. The molecule has 3 rings (SSSR count). The van der Waals surface area contributed by atoms with E-state index in [1.807, 2.05) is 13.8 Å². The summed E-state index contributed by atoms with van der Waals surface area (Å²) in [4.78, 5) is 41.5. The van der Waals surface area contributed by atoms with Gasteiger partial charge in [-0.3, -0.25) is 9.59 Å². The minimum absolute atomic E-state index is 0.194. The topological polar surface area (TPSA) is 79.0 Å². The Morgan fingerprint density at radius 2 is 1.87 bits per heavy atom. The molecule has 0 radical (unpaired) electrons. The van der Waals surface area contributed by atoms with E-state index in [0.29, 0.717) is 36.0 Å². The average Bonchev–Trinajstić information content (AvgIpc) is 2.97. The zero-order valence-corrected chi connectivity index (χ0v) is 17.8. The summed E-state index contributed by atoms with van der Waals surface area (Å²) in [5.41, 5.74) is 0.812. The van der Waals surface area contributed by atoms with E-state index in [1.165, 1.54) is 36.3 Å². The van der Waals surface area contributed by atoms with Gasteiger partial charge in [-0.2, -0.15) is 0 Å². The molecule has 1 heterocycles.